The van der Waals surface area contributed by atoms with Crippen LogP contribution in [0.15, 0.2) is 48.5 Å². The van der Waals surface area contributed by atoms with E-state index in [0.29, 0.717) is 17.9 Å². The molecule has 1 amide bonds. The summed E-state index contributed by atoms with van der Waals surface area (Å²) < 4.78 is 20.1. The van der Waals surface area contributed by atoms with Gasteiger partial charge in [-0.25, -0.2) is 4.39 Å². The summed E-state index contributed by atoms with van der Waals surface area (Å²) in [5.74, 6) is 0.115. The molecule has 1 aliphatic heterocycles. The summed E-state index contributed by atoms with van der Waals surface area (Å²) in [5.41, 5.74) is 12.6. The summed E-state index contributed by atoms with van der Waals surface area (Å²) in [6, 6.07) is 15.3. The molecule has 1 heterocycles. The number of nitrogens with two attached hydrogens (primary N) is 1. The van der Waals surface area contributed by atoms with Crippen LogP contribution in [0.25, 0.3) is 22.3 Å². The van der Waals surface area contributed by atoms with Gasteiger partial charge < -0.3 is 21.1 Å². The van der Waals surface area contributed by atoms with E-state index in [2.05, 4.69) is 22.8 Å². The molecule has 1 unspecified atom stereocenters. The fraction of sp³-hybridized carbons (Fsp3) is 0.321. The number of ether oxygens (including phenoxy) is 1. The number of halogens is 1. The summed E-state index contributed by atoms with van der Waals surface area (Å²) in [6.45, 7) is 5.81. The first-order valence-corrected chi connectivity index (χ1v) is 11.7. The van der Waals surface area contributed by atoms with E-state index in [9.17, 15) is 9.18 Å². The number of methoxy groups -OCH3 is 1. The van der Waals surface area contributed by atoms with Gasteiger partial charge in [0.1, 0.15) is 11.6 Å². The quantitative estimate of drug-likeness (QED) is 0.473. The Kier molecular flexibility index (Phi) is 7.29. The van der Waals surface area contributed by atoms with Gasteiger partial charge in [-0.15, -0.1) is 0 Å². The number of benzene rings is 3. The number of piperidine rings is 1. The second-order valence-electron chi connectivity index (χ2n) is 8.83. The first kappa shape index (κ1) is 23.9. The molecule has 3 aromatic carbocycles. The van der Waals surface area contributed by atoms with E-state index in [0.717, 1.165) is 58.5 Å². The van der Waals surface area contributed by atoms with Crippen molar-refractivity contribution in [2.24, 2.45) is 11.7 Å². The minimum absolute atomic E-state index is 0.0109. The summed E-state index contributed by atoms with van der Waals surface area (Å²) in [4.78, 5) is 12.8. The van der Waals surface area contributed by atoms with Gasteiger partial charge in [-0.3, -0.25) is 4.79 Å². The van der Waals surface area contributed by atoms with Gasteiger partial charge in [0.25, 0.3) is 0 Å². The zero-order chi connectivity index (χ0) is 24.2. The molecule has 178 valence electrons. The minimum Gasteiger partial charge on any atom is -0.496 e. The Morgan fingerprint density at radius 2 is 1.82 bits per heavy atom. The monoisotopic (exact) mass is 461 g/mol. The highest BCUT2D eigenvalue weighted by molar-refractivity contribution is 5.95. The van der Waals surface area contributed by atoms with Gasteiger partial charge in [0.2, 0.25) is 5.91 Å². The average molecular weight is 462 g/mol. The number of amides is 1. The predicted octanol–water partition coefficient (Wildman–Crippen LogP) is 5.18. The van der Waals surface area contributed by atoms with Crippen LogP contribution < -0.4 is 21.1 Å². The first-order valence-electron chi connectivity index (χ1n) is 11.7. The Morgan fingerprint density at radius 3 is 2.50 bits per heavy atom. The molecule has 1 fully saturated rings. The molecule has 34 heavy (non-hydrogen) atoms. The van der Waals surface area contributed by atoms with Crippen molar-refractivity contribution in [3.05, 3.63) is 71.0 Å². The molecule has 4 rings (SSSR count). The Hall–Kier alpha value is -3.22. The molecule has 0 radical (unpaired) electrons. The molecule has 1 saturated heterocycles. The van der Waals surface area contributed by atoms with Crippen molar-refractivity contribution in [3.63, 3.8) is 0 Å². The van der Waals surface area contributed by atoms with E-state index in [-0.39, 0.29) is 24.2 Å². The van der Waals surface area contributed by atoms with E-state index >= 15 is 0 Å². The van der Waals surface area contributed by atoms with Crippen LogP contribution in [0.1, 0.15) is 29.5 Å². The minimum atomic E-state index is -0.375. The Labute approximate surface area is 200 Å². The summed E-state index contributed by atoms with van der Waals surface area (Å²) >= 11 is 0. The Bertz CT molecular complexity index is 1200. The number of anilines is 1. The molecule has 0 bridgehead atoms. The zero-order valence-corrected chi connectivity index (χ0v) is 20.0. The fourth-order valence-electron chi connectivity index (χ4n) is 4.76. The number of hydrogen-bond donors (Lipinski definition) is 3. The lowest BCUT2D eigenvalue weighted by atomic mass is 9.90. The van der Waals surface area contributed by atoms with E-state index in [1.54, 1.807) is 0 Å². The van der Waals surface area contributed by atoms with Gasteiger partial charge in [-0.2, -0.15) is 0 Å². The van der Waals surface area contributed by atoms with Crippen molar-refractivity contribution in [1.82, 2.24) is 5.32 Å². The summed E-state index contributed by atoms with van der Waals surface area (Å²) in [5, 5.41) is 6.43. The van der Waals surface area contributed by atoms with Crippen molar-refractivity contribution in [1.29, 1.82) is 0 Å². The van der Waals surface area contributed by atoms with Crippen LogP contribution >= 0.6 is 0 Å². The standard InChI is InChI=1S/C28H32FN3O2/c1-17-21(20-13-25(29)24(15-30)27(14-20)34-3)8-4-9-22(17)23-10-5-11-26(18(23)2)32-28(33)19-7-6-12-31-16-19/h4-5,8-11,13-14,19,31H,6-7,12,15-16,30H2,1-3H3,(H,32,33). The third-order valence-electron chi connectivity index (χ3n) is 6.77. The van der Waals surface area contributed by atoms with Crippen molar-refractivity contribution in [2.45, 2.75) is 33.2 Å². The number of carbonyl (C=O) groups excluding carboxylic acids is 1. The number of nitrogens with one attached hydrogen (secondary N) is 2. The van der Waals surface area contributed by atoms with E-state index in [1.807, 2.05) is 44.2 Å². The van der Waals surface area contributed by atoms with Crippen LogP contribution in [0.2, 0.25) is 0 Å². The highest BCUT2D eigenvalue weighted by atomic mass is 19.1. The largest absolute Gasteiger partial charge is 0.496 e. The summed E-state index contributed by atoms with van der Waals surface area (Å²) in [7, 11) is 1.52. The molecular formula is C28H32FN3O2. The molecule has 1 atom stereocenters. The Balaban J connectivity index is 1.70. The van der Waals surface area contributed by atoms with Crippen LogP contribution in [-0.4, -0.2) is 26.1 Å². The zero-order valence-electron chi connectivity index (χ0n) is 20.0. The van der Waals surface area contributed by atoms with Gasteiger partial charge in [0.05, 0.1) is 13.0 Å². The average Bonchev–Trinajstić information content (AvgIpc) is 2.85. The highest BCUT2D eigenvalue weighted by Gasteiger charge is 2.22. The third kappa shape index (κ3) is 4.69. The SMILES string of the molecule is COc1cc(-c2cccc(-c3cccc(NC(=O)C4CCCNC4)c3C)c2C)cc(F)c1CN. The molecular weight excluding hydrogens is 429 g/mol. The molecule has 6 heteroatoms. The molecule has 3 aromatic rings. The van der Waals surface area contributed by atoms with E-state index in [4.69, 9.17) is 10.5 Å². The summed E-state index contributed by atoms with van der Waals surface area (Å²) in [6.07, 6.45) is 1.92. The van der Waals surface area contributed by atoms with E-state index in [1.165, 1.54) is 13.2 Å². The van der Waals surface area contributed by atoms with Crippen LogP contribution in [0.3, 0.4) is 0 Å². The molecule has 0 saturated carbocycles. The van der Waals surface area contributed by atoms with Crippen molar-refractivity contribution >= 4 is 11.6 Å². The van der Waals surface area contributed by atoms with Crippen LogP contribution in [0, 0.1) is 25.6 Å². The maximum absolute atomic E-state index is 14.7. The predicted molar refractivity (Wildman–Crippen MR) is 135 cm³/mol. The molecule has 1 aliphatic rings. The second kappa shape index (κ2) is 10.4. The van der Waals surface area contributed by atoms with Gasteiger partial charge >= 0.3 is 0 Å². The van der Waals surface area contributed by atoms with Gasteiger partial charge in [0, 0.05) is 24.3 Å². The van der Waals surface area contributed by atoms with Crippen molar-refractivity contribution < 1.29 is 13.9 Å². The van der Waals surface area contributed by atoms with Crippen LogP contribution in [0.4, 0.5) is 10.1 Å². The first-order chi connectivity index (χ1) is 16.4. The highest BCUT2D eigenvalue weighted by Crippen LogP contribution is 2.37. The lowest BCUT2D eigenvalue weighted by molar-refractivity contribution is -0.120. The van der Waals surface area contributed by atoms with Crippen LogP contribution in [-0.2, 0) is 11.3 Å². The maximum atomic E-state index is 14.7. The molecule has 5 nitrogen and oxygen atoms in total. The Morgan fingerprint density at radius 1 is 1.12 bits per heavy atom. The van der Waals surface area contributed by atoms with Crippen molar-refractivity contribution in [2.75, 3.05) is 25.5 Å². The molecule has 4 N–H and O–H groups in total. The lowest BCUT2D eigenvalue weighted by Crippen LogP contribution is -2.37. The number of carbonyl (C=O) groups is 1. The topological polar surface area (TPSA) is 76.4 Å². The smallest absolute Gasteiger partial charge is 0.228 e. The normalized spacial score (nSPS) is 15.7. The van der Waals surface area contributed by atoms with E-state index < -0.39 is 0 Å². The molecule has 0 aliphatic carbocycles. The molecule has 0 aromatic heterocycles. The fourth-order valence-corrected chi connectivity index (χ4v) is 4.76. The number of hydrogen-bond acceptors (Lipinski definition) is 4. The number of rotatable bonds is 6. The molecule has 0 spiro atoms. The maximum Gasteiger partial charge on any atom is 0.228 e. The van der Waals surface area contributed by atoms with Crippen molar-refractivity contribution in [3.8, 4) is 28.0 Å². The lowest BCUT2D eigenvalue weighted by Gasteiger charge is -2.23. The second-order valence-corrected chi connectivity index (χ2v) is 8.83. The third-order valence-corrected chi connectivity index (χ3v) is 6.77. The van der Waals surface area contributed by atoms with Gasteiger partial charge in [0.15, 0.2) is 0 Å². The van der Waals surface area contributed by atoms with Gasteiger partial charge in [-0.05, 0) is 84.8 Å². The van der Waals surface area contributed by atoms with Crippen LogP contribution in [0.5, 0.6) is 5.75 Å². The van der Waals surface area contributed by atoms with Gasteiger partial charge in [-0.1, -0.05) is 30.3 Å².